The average Bonchev–Trinajstić information content (AvgIpc) is 3.10. The molecule has 0 aromatic heterocycles. The molecule has 3 aliphatic heterocycles. The van der Waals surface area contributed by atoms with Crippen LogP contribution in [0.3, 0.4) is 0 Å². The maximum atomic E-state index is 13.0. The first kappa shape index (κ1) is 22.4. The van der Waals surface area contributed by atoms with E-state index in [1.807, 2.05) is 25.1 Å². The molecule has 7 heteroatoms. The Hall–Kier alpha value is -3.35. The second-order valence-corrected chi connectivity index (χ2v) is 10.2. The fraction of sp³-hybridized carbons (Fsp3) is 0.444. The van der Waals surface area contributed by atoms with Crippen LogP contribution >= 0.6 is 0 Å². The first-order chi connectivity index (χ1) is 16.1. The van der Waals surface area contributed by atoms with Crippen LogP contribution < -0.4 is 4.90 Å². The van der Waals surface area contributed by atoms with Crippen LogP contribution in [0, 0.1) is 0 Å². The molecule has 0 aliphatic carbocycles. The quantitative estimate of drug-likeness (QED) is 0.597. The van der Waals surface area contributed by atoms with Crippen LogP contribution in [0.4, 0.5) is 10.5 Å². The Balaban J connectivity index is 1.36. The Morgan fingerprint density at radius 2 is 1.79 bits per heavy atom. The number of fused-ring (bicyclic) bond motifs is 3. The zero-order valence-corrected chi connectivity index (χ0v) is 20.1. The lowest BCUT2D eigenvalue weighted by molar-refractivity contribution is 0.0232. The number of imide groups is 1. The standard InChI is InChI=1S/C27H30N2O5/c1-5-23-21-13-16-8-10-28(15-18(16)14-22(21)25(31)33-23)19-6-7-20-17(12-19)9-11-29(24(20)30)26(32)34-27(2,3)4/h6-7,12-14,23H,5,8-11,15H2,1-4H3. The smallest absolute Gasteiger partial charge is 0.417 e. The largest absolute Gasteiger partial charge is 0.454 e. The summed E-state index contributed by atoms with van der Waals surface area (Å²) in [4.78, 5) is 41.2. The number of ether oxygens (including phenoxy) is 2. The SMILES string of the molecule is CCC1OC(=O)c2cc3c(cc21)CCN(c1ccc2c(c1)CCN(C(=O)OC(C)(C)C)C2=O)C3. The highest BCUT2D eigenvalue weighted by Gasteiger charge is 2.34. The maximum Gasteiger partial charge on any atom is 0.417 e. The highest BCUT2D eigenvalue weighted by Crippen LogP contribution is 2.37. The van der Waals surface area contributed by atoms with Gasteiger partial charge in [-0.2, -0.15) is 0 Å². The first-order valence-corrected chi connectivity index (χ1v) is 11.9. The summed E-state index contributed by atoms with van der Waals surface area (Å²) in [5, 5.41) is 0. The lowest BCUT2D eigenvalue weighted by Crippen LogP contribution is -2.44. The molecule has 0 fully saturated rings. The second-order valence-electron chi connectivity index (χ2n) is 10.2. The summed E-state index contributed by atoms with van der Waals surface area (Å²) in [6.45, 7) is 9.25. The van der Waals surface area contributed by atoms with Crippen LogP contribution in [0.25, 0.3) is 0 Å². The molecular weight excluding hydrogens is 432 g/mol. The summed E-state index contributed by atoms with van der Waals surface area (Å²) in [5.74, 6) is -0.547. The van der Waals surface area contributed by atoms with E-state index in [9.17, 15) is 14.4 Å². The summed E-state index contributed by atoms with van der Waals surface area (Å²) >= 11 is 0. The predicted molar refractivity (Wildman–Crippen MR) is 127 cm³/mol. The van der Waals surface area contributed by atoms with Crippen molar-refractivity contribution in [2.45, 2.75) is 65.2 Å². The molecule has 2 aromatic carbocycles. The molecule has 1 atom stereocenters. The second kappa shape index (κ2) is 8.15. The monoisotopic (exact) mass is 462 g/mol. The van der Waals surface area contributed by atoms with Crippen molar-refractivity contribution >= 4 is 23.7 Å². The Morgan fingerprint density at radius 1 is 1.03 bits per heavy atom. The minimum atomic E-state index is -0.652. The van der Waals surface area contributed by atoms with Gasteiger partial charge in [-0.25, -0.2) is 14.5 Å². The minimum absolute atomic E-state index is 0.135. The molecule has 3 heterocycles. The molecule has 2 amide bonds. The molecule has 0 bridgehead atoms. The van der Waals surface area contributed by atoms with Crippen LogP contribution in [-0.2, 0) is 28.9 Å². The Labute approximate surface area is 199 Å². The first-order valence-electron chi connectivity index (χ1n) is 11.9. The van der Waals surface area contributed by atoms with E-state index in [0.717, 1.165) is 41.8 Å². The van der Waals surface area contributed by atoms with Gasteiger partial charge in [0.2, 0.25) is 0 Å². The summed E-state index contributed by atoms with van der Waals surface area (Å²) in [6.07, 6.45) is 1.52. The molecule has 5 rings (SSSR count). The number of carbonyl (C=O) groups is 3. The van der Waals surface area contributed by atoms with Crippen LogP contribution in [-0.4, -0.2) is 41.6 Å². The third-order valence-corrected chi connectivity index (χ3v) is 6.72. The minimum Gasteiger partial charge on any atom is -0.454 e. The van der Waals surface area contributed by atoms with Crippen molar-refractivity contribution in [3.05, 3.63) is 63.7 Å². The van der Waals surface area contributed by atoms with E-state index < -0.39 is 11.7 Å². The summed E-state index contributed by atoms with van der Waals surface area (Å²) in [5.41, 5.74) is 5.99. The maximum absolute atomic E-state index is 13.0. The van der Waals surface area contributed by atoms with Crippen LogP contribution in [0.5, 0.6) is 0 Å². The molecule has 0 saturated carbocycles. The third-order valence-electron chi connectivity index (χ3n) is 6.72. The Kier molecular flexibility index (Phi) is 5.38. The van der Waals surface area contributed by atoms with Crippen LogP contribution in [0.15, 0.2) is 30.3 Å². The number of benzene rings is 2. The van der Waals surface area contributed by atoms with Gasteiger partial charge in [-0.3, -0.25) is 4.79 Å². The normalized spacial score (nSPS) is 19.4. The van der Waals surface area contributed by atoms with Crippen molar-refractivity contribution in [1.29, 1.82) is 0 Å². The topological polar surface area (TPSA) is 76.2 Å². The number of esters is 1. The highest BCUT2D eigenvalue weighted by molar-refractivity contribution is 6.05. The zero-order valence-electron chi connectivity index (χ0n) is 20.1. The van der Waals surface area contributed by atoms with Gasteiger partial charge in [0, 0.05) is 36.4 Å². The molecule has 0 spiro atoms. The number of cyclic esters (lactones) is 1. The lowest BCUT2D eigenvalue weighted by atomic mass is 9.91. The number of hydrogen-bond donors (Lipinski definition) is 0. The van der Waals surface area contributed by atoms with Crippen molar-refractivity contribution < 1.29 is 23.9 Å². The van der Waals surface area contributed by atoms with Gasteiger partial charge in [0.25, 0.3) is 5.91 Å². The molecule has 7 nitrogen and oxygen atoms in total. The van der Waals surface area contributed by atoms with Gasteiger partial charge >= 0.3 is 12.1 Å². The summed E-state index contributed by atoms with van der Waals surface area (Å²) < 4.78 is 10.9. The highest BCUT2D eigenvalue weighted by atomic mass is 16.6. The Morgan fingerprint density at radius 3 is 2.53 bits per heavy atom. The van der Waals surface area contributed by atoms with E-state index >= 15 is 0 Å². The van der Waals surface area contributed by atoms with Crippen molar-refractivity contribution in [1.82, 2.24) is 4.90 Å². The zero-order chi connectivity index (χ0) is 24.2. The third kappa shape index (κ3) is 3.93. The number of nitrogens with zero attached hydrogens (tertiary/aromatic N) is 2. The van der Waals surface area contributed by atoms with Crippen molar-refractivity contribution in [2.75, 3.05) is 18.0 Å². The number of rotatable bonds is 2. The van der Waals surface area contributed by atoms with Crippen LogP contribution in [0.2, 0.25) is 0 Å². The van der Waals surface area contributed by atoms with E-state index in [1.165, 1.54) is 10.5 Å². The number of anilines is 1. The molecule has 0 radical (unpaired) electrons. The van der Waals surface area contributed by atoms with E-state index in [2.05, 4.69) is 17.0 Å². The van der Waals surface area contributed by atoms with Gasteiger partial charge in [-0.05, 0) is 81.0 Å². The number of hydrogen-bond acceptors (Lipinski definition) is 6. The average molecular weight is 463 g/mol. The van der Waals surface area contributed by atoms with E-state index in [0.29, 0.717) is 30.6 Å². The van der Waals surface area contributed by atoms with E-state index in [-0.39, 0.29) is 18.0 Å². The van der Waals surface area contributed by atoms with Gasteiger partial charge in [0.15, 0.2) is 0 Å². The predicted octanol–water partition coefficient (Wildman–Crippen LogP) is 4.80. The molecule has 34 heavy (non-hydrogen) atoms. The van der Waals surface area contributed by atoms with E-state index in [4.69, 9.17) is 9.47 Å². The van der Waals surface area contributed by atoms with Crippen LogP contribution in [0.1, 0.15) is 83.2 Å². The molecule has 0 N–H and O–H groups in total. The van der Waals surface area contributed by atoms with Crippen molar-refractivity contribution in [3.63, 3.8) is 0 Å². The number of amides is 2. The van der Waals surface area contributed by atoms with Gasteiger partial charge in [0.05, 0.1) is 5.56 Å². The molecule has 1 unspecified atom stereocenters. The number of carbonyl (C=O) groups excluding carboxylic acids is 3. The fourth-order valence-electron chi connectivity index (χ4n) is 5.01. The van der Waals surface area contributed by atoms with Gasteiger partial charge in [-0.15, -0.1) is 0 Å². The molecular formula is C27H30N2O5. The van der Waals surface area contributed by atoms with E-state index in [1.54, 1.807) is 20.8 Å². The molecule has 178 valence electrons. The van der Waals surface area contributed by atoms with Gasteiger partial charge < -0.3 is 14.4 Å². The van der Waals surface area contributed by atoms with Crippen molar-refractivity contribution in [3.8, 4) is 0 Å². The van der Waals surface area contributed by atoms with Gasteiger partial charge in [0.1, 0.15) is 11.7 Å². The molecule has 2 aromatic rings. The Bertz CT molecular complexity index is 1200. The summed E-state index contributed by atoms with van der Waals surface area (Å²) in [6, 6.07) is 9.95. The lowest BCUT2D eigenvalue weighted by Gasteiger charge is -2.33. The molecule has 0 saturated heterocycles. The fourth-order valence-corrected chi connectivity index (χ4v) is 5.01. The van der Waals surface area contributed by atoms with Gasteiger partial charge in [-0.1, -0.05) is 13.0 Å². The summed E-state index contributed by atoms with van der Waals surface area (Å²) in [7, 11) is 0. The van der Waals surface area contributed by atoms with Crippen molar-refractivity contribution in [2.24, 2.45) is 0 Å². The molecule has 3 aliphatic rings.